The molecule has 2 aromatic carbocycles. The van der Waals surface area contributed by atoms with Crippen LogP contribution in [0.2, 0.25) is 0 Å². The molecule has 0 bridgehead atoms. The van der Waals surface area contributed by atoms with E-state index in [1.165, 1.54) is 11.6 Å². The predicted molar refractivity (Wildman–Crippen MR) is 80.5 cm³/mol. The molecule has 0 fully saturated rings. The van der Waals surface area contributed by atoms with Gasteiger partial charge in [-0.2, -0.15) is 0 Å². The monoisotopic (exact) mass is 321 g/mol. The van der Waals surface area contributed by atoms with Crippen molar-refractivity contribution in [2.75, 3.05) is 0 Å². The van der Waals surface area contributed by atoms with Crippen LogP contribution in [0.3, 0.4) is 0 Å². The third-order valence-electron chi connectivity index (χ3n) is 3.26. The van der Waals surface area contributed by atoms with E-state index in [0.717, 1.165) is 15.6 Å². The Morgan fingerprint density at radius 1 is 1.21 bits per heavy atom. The van der Waals surface area contributed by atoms with Gasteiger partial charge < -0.3 is 5.32 Å². The lowest BCUT2D eigenvalue weighted by Crippen LogP contribution is -2.18. The van der Waals surface area contributed by atoms with Gasteiger partial charge in [-0.3, -0.25) is 0 Å². The molecule has 0 heterocycles. The summed E-state index contributed by atoms with van der Waals surface area (Å²) < 4.78 is 14.3. The Balaban J connectivity index is 2.04. The van der Waals surface area contributed by atoms with Crippen molar-refractivity contribution in [1.82, 2.24) is 5.32 Å². The first kappa shape index (κ1) is 14.2. The van der Waals surface area contributed by atoms with Gasteiger partial charge in [-0.25, -0.2) is 4.39 Å². The largest absolute Gasteiger partial charge is 0.306 e. The van der Waals surface area contributed by atoms with E-state index >= 15 is 0 Å². The lowest BCUT2D eigenvalue weighted by Gasteiger charge is -2.15. The topological polar surface area (TPSA) is 12.0 Å². The zero-order valence-corrected chi connectivity index (χ0v) is 12.7. The summed E-state index contributed by atoms with van der Waals surface area (Å²) in [5, 5.41) is 3.42. The lowest BCUT2D eigenvalue weighted by molar-refractivity contribution is 0.567. The molecule has 19 heavy (non-hydrogen) atoms. The second-order valence-electron chi connectivity index (χ2n) is 4.73. The lowest BCUT2D eigenvalue weighted by atomic mass is 10.1. The maximum atomic E-state index is 13.2. The van der Waals surface area contributed by atoms with E-state index in [9.17, 15) is 4.39 Å². The van der Waals surface area contributed by atoms with E-state index in [1.807, 2.05) is 25.1 Å². The van der Waals surface area contributed by atoms with Crippen LogP contribution in [0.5, 0.6) is 0 Å². The van der Waals surface area contributed by atoms with Crippen LogP contribution in [0.15, 0.2) is 46.9 Å². The van der Waals surface area contributed by atoms with Crippen LogP contribution in [-0.2, 0) is 6.54 Å². The number of halogens is 2. The second kappa shape index (κ2) is 6.31. The Morgan fingerprint density at radius 3 is 2.74 bits per heavy atom. The van der Waals surface area contributed by atoms with Gasteiger partial charge in [-0.05, 0) is 54.8 Å². The minimum absolute atomic E-state index is 0.183. The third-order valence-corrected chi connectivity index (χ3v) is 3.75. The highest BCUT2D eigenvalue weighted by molar-refractivity contribution is 9.10. The highest BCUT2D eigenvalue weighted by Gasteiger charge is 2.07. The number of aryl methyl sites for hydroxylation is 1. The van der Waals surface area contributed by atoms with E-state index in [0.29, 0.717) is 6.54 Å². The number of nitrogens with one attached hydrogen (secondary N) is 1. The molecule has 0 radical (unpaired) electrons. The van der Waals surface area contributed by atoms with E-state index in [2.05, 4.69) is 40.3 Å². The van der Waals surface area contributed by atoms with E-state index in [-0.39, 0.29) is 11.9 Å². The molecule has 0 aliphatic heterocycles. The van der Waals surface area contributed by atoms with Crippen molar-refractivity contribution in [3.63, 3.8) is 0 Å². The number of hydrogen-bond acceptors (Lipinski definition) is 1. The second-order valence-corrected chi connectivity index (χ2v) is 5.64. The van der Waals surface area contributed by atoms with Crippen LogP contribution < -0.4 is 5.32 Å². The van der Waals surface area contributed by atoms with Gasteiger partial charge in [0.1, 0.15) is 5.82 Å². The molecular weight excluding hydrogens is 305 g/mol. The molecule has 2 aromatic rings. The van der Waals surface area contributed by atoms with Gasteiger partial charge in [-0.1, -0.05) is 34.1 Å². The molecular formula is C16H17BrFN. The van der Waals surface area contributed by atoms with Crippen molar-refractivity contribution < 1.29 is 4.39 Å². The zero-order valence-electron chi connectivity index (χ0n) is 11.1. The number of rotatable bonds is 4. The molecule has 100 valence electrons. The van der Waals surface area contributed by atoms with E-state index in [4.69, 9.17) is 0 Å². The summed E-state index contributed by atoms with van der Waals surface area (Å²) in [6.07, 6.45) is 0. The van der Waals surface area contributed by atoms with Crippen molar-refractivity contribution in [3.05, 3.63) is 69.4 Å². The number of benzene rings is 2. The Morgan fingerprint density at radius 2 is 2.00 bits per heavy atom. The summed E-state index contributed by atoms with van der Waals surface area (Å²) in [6, 6.07) is 13.3. The number of hydrogen-bond donors (Lipinski definition) is 1. The zero-order chi connectivity index (χ0) is 13.8. The minimum Gasteiger partial charge on any atom is -0.306 e. The molecule has 2 rings (SSSR count). The molecule has 1 N–H and O–H groups in total. The highest BCUT2D eigenvalue weighted by atomic mass is 79.9. The van der Waals surface area contributed by atoms with E-state index < -0.39 is 0 Å². The Labute approximate surface area is 122 Å². The Kier molecular flexibility index (Phi) is 4.72. The maximum Gasteiger partial charge on any atom is 0.123 e. The minimum atomic E-state index is -0.183. The highest BCUT2D eigenvalue weighted by Crippen LogP contribution is 2.19. The van der Waals surface area contributed by atoms with Crippen molar-refractivity contribution in [3.8, 4) is 0 Å². The first-order valence-corrected chi connectivity index (χ1v) is 7.09. The predicted octanol–water partition coefficient (Wildman–Crippen LogP) is 4.75. The van der Waals surface area contributed by atoms with Crippen molar-refractivity contribution in [2.45, 2.75) is 26.4 Å². The van der Waals surface area contributed by atoms with Crippen LogP contribution in [-0.4, -0.2) is 0 Å². The summed E-state index contributed by atoms with van der Waals surface area (Å²) in [6.45, 7) is 4.77. The molecule has 0 spiro atoms. The fraction of sp³-hybridized carbons (Fsp3) is 0.250. The fourth-order valence-corrected chi connectivity index (χ4v) is 2.40. The van der Waals surface area contributed by atoms with Crippen molar-refractivity contribution >= 4 is 15.9 Å². The Hall–Kier alpha value is -1.19. The van der Waals surface area contributed by atoms with Crippen molar-refractivity contribution in [1.29, 1.82) is 0 Å². The van der Waals surface area contributed by atoms with E-state index in [1.54, 1.807) is 6.07 Å². The summed E-state index contributed by atoms with van der Waals surface area (Å²) in [7, 11) is 0. The summed E-state index contributed by atoms with van der Waals surface area (Å²) in [5.74, 6) is -0.183. The van der Waals surface area contributed by atoms with Gasteiger partial charge >= 0.3 is 0 Å². The molecule has 1 atom stereocenters. The van der Waals surface area contributed by atoms with Gasteiger partial charge in [0.15, 0.2) is 0 Å². The fourth-order valence-electron chi connectivity index (χ4n) is 1.99. The average Bonchev–Trinajstić information content (AvgIpc) is 2.39. The summed E-state index contributed by atoms with van der Waals surface area (Å²) in [4.78, 5) is 0. The molecule has 1 nitrogen and oxygen atoms in total. The Bertz CT molecular complexity index is 568. The molecule has 0 aromatic heterocycles. The quantitative estimate of drug-likeness (QED) is 0.857. The van der Waals surface area contributed by atoms with Crippen LogP contribution in [0.1, 0.15) is 29.7 Å². The molecule has 0 amide bonds. The van der Waals surface area contributed by atoms with Crippen LogP contribution in [0.25, 0.3) is 0 Å². The van der Waals surface area contributed by atoms with Crippen LogP contribution >= 0.6 is 15.9 Å². The first-order valence-electron chi connectivity index (χ1n) is 6.30. The standard InChI is InChI=1S/C16H17BrFN/c1-11-6-7-16(18)9-14(11)10-19-12(2)13-4-3-5-15(17)8-13/h3-9,12,19H,10H2,1-2H3/t12-/m0/s1. The van der Waals surface area contributed by atoms with Crippen LogP contribution in [0, 0.1) is 12.7 Å². The van der Waals surface area contributed by atoms with Crippen LogP contribution in [0.4, 0.5) is 4.39 Å². The average molecular weight is 322 g/mol. The smallest absolute Gasteiger partial charge is 0.123 e. The van der Waals surface area contributed by atoms with Gasteiger partial charge in [0.2, 0.25) is 0 Å². The van der Waals surface area contributed by atoms with Crippen molar-refractivity contribution in [2.24, 2.45) is 0 Å². The first-order chi connectivity index (χ1) is 9.06. The molecule has 0 saturated carbocycles. The molecule has 0 aliphatic carbocycles. The molecule has 0 unspecified atom stereocenters. The molecule has 0 saturated heterocycles. The summed E-state index contributed by atoms with van der Waals surface area (Å²) in [5.41, 5.74) is 3.32. The normalized spacial score (nSPS) is 12.4. The summed E-state index contributed by atoms with van der Waals surface area (Å²) >= 11 is 3.47. The van der Waals surface area contributed by atoms with Gasteiger partial charge in [0.25, 0.3) is 0 Å². The SMILES string of the molecule is Cc1ccc(F)cc1CN[C@@H](C)c1cccc(Br)c1. The van der Waals surface area contributed by atoms with Gasteiger partial charge in [-0.15, -0.1) is 0 Å². The molecule has 3 heteroatoms. The van der Waals surface area contributed by atoms with Gasteiger partial charge in [0.05, 0.1) is 0 Å². The third kappa shape index (κ3) is 3.88. The van der Waals surface area contributed by atoms with Gasteiger partial charge in [0, 0.05) is 17.1 Å². The maximum absolute atomic E-state index is 13.2. The molecule has 0 aliphatic rings.